The van der Waals surface area contributed by atoms with Gasteiger partial charge in [0.2, 0.25) is 0 Å². The number of hydrogen-bond donors (Lipinski definition) is 2. The number of carbonyl (C=O) groups is 2. The molecule has 2 aromatic rings. The lowest BCUT2D eigenvalue weighted by Crippen LogP contribution is -2.52. The van der Waals surface area contributed by atoms with E-state index in [-0.39, 0.29) is 0 Å². The highest BCUT2D eigenvalue weighted by molar-refractivity contribution is 5.98. The number of carboxylic acid groups (broad SMARTS) is 1. The Morgan fingerprint density at radius 1 is 1.18 bits per heavy atom. The number of carbonyl (C=O) groups excluding carboxylic acids is 1. The lowest BCUT2D eigenvalue weighted by molar-refractivity contribution is -0.144. The lowest BCUT2D eigenvalue weighted by Gasteiger charge is -2.25. The molecular weight excluding hydrogens is 360 g/mol. The summed E-state index contributed by atoms with van der Waals surface area (Å²) in [5, 5.41) is 12.3. The second kappa shape index (κ2) is 8.73. The molecule has 1 heterocycles. The molecule has 148 valence electrons. The van der Waals surface area contributed by atoms with Crippen LogP contribution < -0.4 is 14.8 Å². The highest BCUT2D eigenvalue weighted by Gasteiger charge is 2.42. The molecule has 2 N–H and O–H groups in total. The summed E-state index contributed by atoms with van der Waals surface area (Å²) in [5.74, 6) is -0.463. The van der Waals surface area contributed by atoms with Crippen molar-refractivity contribution in [3.8, 4) is 11.5 Å². The average molecular weight is 384 g/mol. The van der Waals surface area contributed by atoms with Gasteiger partial charge in [0.15, 0.2) is 11.5 Å². The summed E-state index contributed by atoms with van der Waals surface area (Å²) in [6, 6.07) is 8.60. The number of hydrogen-bond acceptors (Lipinski definition) is 5. The summed E-state index contributed by atoms with van der Waals surface area (Å²) in [6.07, 6.45) is 5.87. The molecule has 0 saturated heterocycles. The molecule has 28 heavy (non-hydrogen) atoms. The molecular formula is C21H24N2O5. The molecule has 0 unspecified atom stereocenters. The van der Waals surface area contributed by atoms with Gasteiger partial charge in [0.25, 0.3) is 5.91 Å². The zero-order chi connectivity index (χ0) is 20.0. The third-order valence-corrected chi connectivity index (χ3v) is 4.84. The van der Waals surface area contributed by atoms with Crippen LogP contribution in [0.25, 0.3) is 0 Å². The summed E-state index contributed by atoms with van der Waals surface area (Å²) < 4.78 is 11.4. The topological polar surface area (TPSA) is 97.8 Å². The van der Waals surface area contributed by atoms with Crippen molar-refractivity contribution in [2.24, 2.45) is 0 Å². The van der Waals surface area contributed by atoms with Crippen LogP contribution in [-0.2, 0) is 11.4 Å². The molecule has 0 spiro atoms. The lowest BCUT2D eigenvalue weighted by atomic mass is 9.97. The molecule has 1 saturated carbocycles. The number of aromatic nitrogens is 1. The van der Waals surface area contributed by atoms with Crippen LogP contribution in [0.5, 0.6) is 11.5 Å². The number of ether oxygens (including phenoxy) is 2. The summed E-state index contributed by atoms with van der Waals surface area (Å²) in [4.78, 5) is 28.4. The number of nitrogens with zero attached hydrogens (tertiary/aromatic N) is 1. The first-order valence-electron chi connectivity index (χ1n) is 9.38. The number of carboxylic acids is 1. The van der Waals surface area contributed by atoms with Crippen molar-refractivity contribution in [1.82, 2.24) is 10.3 Å². The van der Waals surface area contributed by atoms with E-state index in [0.717, 1.165) is 18.4 Å². The van der Waals surface area contributed by atoms with Gasteiger partial charge in [-0.1, -0.05) is 18.9 Å². The third kappa shape index (κ3) is 4.42. The van der Waals surface area contributed by atoms with Crippen molar-refractivity contribution in [1.29, 1.82) is 0 Å². The molecule has 7 heteroatoms. The number of pyridine rings is 1. The minimum atomic E-state index is -1.18. The van der Waals surface area contributed by atoms with E-state index >= 15 is 0 Å². The Hall–Kier alpha value is -3.09. The molecule has 1 amide bonds. The van der Waals surface area contributed by atoms with Crippen LogP contribution in [0.15, 0.2) is 42.7 Å². The zero-order valence-electron chi connectivity index (χ0n) is 15.8. The number of rotatable bonds is 8. The van der Waals surface area contributed by atoms with E-state index in [1.807, 2.05) is 19.1 Å². The van der Waals surface area contributed by atoms with Crippen LogP contribution >= 0.6 is 0 Å². The summed E-state index contributed by atoms with van der Waals surface area (Å²) in [7, 11) is 0. The van der Waals surface area contributed by atoms with Gasteiger partial charge in [-0.25, -0.2) is 4.79 Å². The summed E-state index contributed by atoms with van der Waals surface area (Å²) in [6.45, 7) is 2.57. The average Bonchev–Trinajstić information content (AvgIpc) is 3.18. The number of benzene rings is 1. The maximum Gasteiger partial charge on any atom is 0.329 e. The van der Waals surface area contributed by atoms with Crippen molar-refractivity contribution in [3.63, 3.8) is 0 Å². The predicted octanol–water partition coefficient (Wildman–Crippen LogP) is 3.19. The molecule has 0 bridgehead atoms. The fourth-order valence-corrected chi connectivity index (χ4v) is 3.34. The second-order valence-electron chi connectivity index (χ2n) is 6.79. The van der Waals surface area contributed by atoms with E-state index in [1.54, 1.807) is 30.6 Å². The van der Waals surface area contributed by atoms with Crippen molar-refractivity contribution in [3.05, 3.63) is 53.9 Å². The van der Waals surface area contributed by atoms with Crippen LogP contribution in [0.3, 0.4) is 0 Å². The first-order chi connectivity index (χ1) is 13.5. The Bertz CT molecular complexity index is 832. The van der Waals surface area contributed by atoms with Crippen molar-refractivity contribution >= 4 is 11.9 Å². The molecule has 0 radical (unpaired) electrons. The predicted molar refractivity (Wildman–Crippen MR) is 102 cm³/mol. The Morgan fingerprint density at radius 3 is 2.61 bits per heavy atom. The normalized spacial score (nSPS) is 15.0. The smallest absolute Gasteiger partial charge is 0.329 e. The number of nitrogens with one attached hydrogen (secondary N) is 1. The zero-order valence-corrected chi connectivity index (χ0v) is 15.8. The number of amides is 1. The van der Waals surface area contributed by atoms with Gasteiger partial charge in [-0.2, -0.15) is 0 Å². The quantitative estimate of drug-likeness (QED) is 0.725. The highest BCUT2D eigenvalue weighted by Crippen LogP contribution is 2.32. The Morgan fingerprint density at radius 2 is 1.96 bits per heavy atom. The fraction of sp³-hybridized carbons (Fsp3) is 0.381. The van der Waals surface area contributed by atoms with Crippen molar-refractivity contribution < 1.29 is 24.2 Å². The third-order valence-electron chi connectivity index (χ3n) is 4.84. The number of aliphatic carboxylic acids is 1. The first-order valence-corrected chi connectivity index (χ1v) is 9.38. The molecule has 1 aliphatic carbocycles. The van der Waals surface area contributed by atoms with Crippen LogP contribution in [-0.4, -0.2) is 34.1 Å². The molecule has 0 atom stereocenters. The van der Waals surface area contributed by atoms with Gasteiger partial charge < -0.3 is 19.9 Å². The molecule has 1 fully saturated rings. The van der Waals surface area contributed by atoms with Gasteiger partial charge in [-0.3, -0.25) is 9.78 Å². The van der Waals surface area contributed by atoms with Crippen LogP contribution in [0.4, 0.5) is 0 Å². The van der Waals surface area contributed by atoms with Crippen LogP contribution in [0.1, 0.15) is 48.5 Å². The molecule has 1 aliphatic rings. The SMILES string of the molecule is CCOc1cc(C(=O)NC2(C(=O)O)CCCC2)ccc1OCc1cccnc1. The van der Waals surface area contributed by atoms with Crippen LogP contribution in [0.2, 0.25) is 0 Å². The van der Waals surface area contributed by atoms with Gasteiger partial charge in [0, 0.05) is 23.5 Å². The largest absolute Gasteiger partial charge is 0.490 e. The summed E-state index contributed by atoms with van der Waals surface area (Å²) in [5.41, 5.74) is 0.0688. The van der Waals surface area contributed by atoms with Gasteiger partial charge in [0.1, 0.15) is 12.1 Å². The van der Waals surface area contributed by atoms with Crippen molar-refractivity contribution in [2.45, 2.75) is 44.8 Å². The van der Waals surface area contributed by atoms with Gasteiger partial charge in [-0.15, -0.1) is 0 Å². The van der Waals surface area contributed by atoms with Gasteiger partial charge in [0.05, 0.1) is 6.61 Å². The van der Waals surface area contributed by atoms with E-state index in [4.69, 9.17) is 9.47 Å². The van der Waals surface area contributed by atoms with E-state index in [0.29, 0.717) is 43.1 Å². The molecule has 7 nitrogen and oxygen atoms in total. The van der Waals surface area contributed by atoms with E-state index < -0.39 is 17.4 Å². The Labute approximate surface area is 163 Å². The minimum Gasteiger partial charge on any atom is -0.490 e. The Balaban J connectivity index is 1.75. The highest BCUT2D eigenvalue weighted by atomic mass is 16.5. The summed E-state index contributed by atoms with van der Waals surface area (Å²) >= 11 is 0. The second-order valence-corrected chi connectivity index (χ2v) is 6.79. The fourth-order valence-electron chi connectivity index (χ4n) is 3.34. The maximum absolute atomic E-state index is 12.7. The monoisotopic (exact) mass is 384 g/mol. The van der Waals surface area contributed by atoms with E-state index in [2.05, 4.69) is 10.3 Å². The Kier molecular flexibility index (Phi) is 6.13. The van der Waals surface area contributed by atoms with Gasteiger partial charge >= 0.3 is 5.97 Å². The van der Waals surface area contributed by atoms with Crippen LogP contribution in [0, 0.1) is 0 Å². The first kappa shape index (κ1) is 19.7. The molecule has 0 aliphatic heterocycles. The minimum absolute atomic E-state index is 0.321. The molecule has 3 rings (SSSR count). The van der Waals surface area contributed by atoms with Gasteiger partial charge in [-0.05, 0) is 44.0 Å². The van der Waals surface area contributed by atoms with E-state index in [1.165, 1.54) is 0 Å². The van der Waals surface area contributed by atoms with Crippen molar-refractivity contribution in [2.75, 3.05) is 6.61 Å². The standard InChI is InChI=1S/C21H24N2O5/c1-2-27-18-12-16(19(24)23-21(20(25)26)9-3-4-10-21)7-8-17(18)28-14-15-6-5-11-22-13-15/h5-8,11-13H,2-4,9-10,14H2,1H3,(H,23,24)(H,25,26). The molecule has 1 aromatic heterocycles. The van der Waals surface area contributed by atoms with E-state index in [9.17, 15) is 14.7 Å². The molecule has 1 aromatic carbocycles. The maximum atomic E-state index is 12.7.